The maximum atomic E-state index is 8.92. The molecule has 0 atom stereocenters. The highest BCUT2D eigenvalue weighted by Crippen LogP contribution is 2.25. The van der Waals surface area contributed by atoms with Crippen LogP contribution in [0.3, 0.4) is 0 Å². The van der Waals surface area contributed by atoms with Gasteiger partial charge in [-0.05, 0) is 61.5 Å². The molecule has 1 N–H and O–H groups in total. The summed E-state index contributed by atoms with van der Waals surface area (Å²) >= 11 is 5.72. The molecule has 0 aliphatic heterocycles. The largest absolute Gasteiger partial charge is 0.340 e. The lowest BCUT2D eigenvalue weighted by molar-refractivity contribution is 0.238. The zero-order valence-corrected chi connectivity index (χ0v) is 15.0. The molecule has 25 heavy (non-hydrogen) atoms. The highest BCUT2D eigenvalue weighted by molar-refractivity contribution is 7.80. The van der Waals surface area contributed by atoms with E-state index in [1.807, 2.05) is 36.5 Å². The molecular weight excluding hydrogens is 328 g/mol. The fraction of sp³-hybridized carbons (Fsp3) is 0.350. The van der Waals surface area contributed by atoms with E-state index >= 15 is 0 Å². The van der Waals surface area contributed by atoms with Crippen molar-refractivity contribution >= 4 is 23.0 Å². The van der Waals surface area contributed by atoms with Gasteiger partial charge in [0.05, 0.1) is 23.9 Å². The number of benzene rings is 1. The van der Waals surface area contributed by atoms with E-state index in [0.717, 1.165) is 16.5 Å². The second kappa shape index (κ2) is 8.59. The van der Waals surface area contributed by atoms with Crippen LogP contribution in [0, 0.1) is 11.3 Å². The quantitative estimate of drug-likeness (QED) is 0.824. The number of hydrogen-bond acceptors (Lipinski definition) is 3. The molecular formula is C20H22N4S. The Morgan fingerprint density at radius 1 is 1.16 bits per heavy atom. The van der Waals surface area contributed by atoms with Crippen molar-refractivity contribution in [3.8, 4) is 6.07 Å². The second-order valence-corrected chi connectivity index (χ2v) is 6.75. The van der Waals surface area contributed by atoms with Crippen LogP contribution in [0.5, 0.6) is 0 Å². The lowest BCUT2D eigenvalue weighted by Crippen LogP contribution is -2.43. The lowest BCUT2D eigenvalue weighted by Gasteiger charge is -2.36. The minimum absolute atomic E-state index is 0.453. The Bertz CT molecular complexity index is 731. The van der Waals surface area contributed by atoms with Crippen LogP contribution in [0.25, 0.3) is 0 Å². The molecule has 4 nitrogen and oxygen atoms in total. The first-order valence-corrected chi connectivity index (χ1v) is 9.15. The van der Waals surface area contributed by atoms with Crippen LogP contribution >= 0.6 is 12.2 Å². The van der Waals surface area contributed by atoms with Gasteiger partial charge in [-0.3, -0.25) is 4.98 Å². The number of thiocarbonyl (C=S) groups is 1. The number of hydrogen-bond donors (Lipinski definition) is 1. The number of nitriles is 1. The van der Waals surface area contributed by atoms with Crippen LogP contribution in [0.2, 0.25) is 0 Å². The number of pyridine rings is 1. The maximum Gasteiger partial charge on any atom is 0.174 e. The number of nitrogens with zero attached hydrogens (tertiary/aromatic N) is 3. The van der Waals surface area contributed by atoms with E-state index in [9.17, 15) is 0 Å². The predicted molar refractivity (Wildman–Crippen MR) is 104 cm³/mol. The molecule has 3 rings (SSSR count). The van der Waals surface area contributed by atoms with Gasteiger partial charge in [0.15, 0.2) is 5.11 Å². The van der Waals surface area contributed by atoms with Gasteiger partial charge < -0.3 is 10.2 Å². The molecule has 2 aromatic rings. The summed E-state index contributed by atoms with van der Waals surface area (Å²) in [7, 11) is 0. The van der Waals surface area contributed by atoms with E-state index in [0.29, 0.717) is 18.2 Å². The topological polar surface area (TPSA) is 52.0 Å². The van der Waals surface area contributed by atoms with Gasteiger partial charge in [0.25, 0.3) is 0 Å². The Morgan fingerprint density at radius 3 is 2.56 bits per heavy atom. The summed E-state index contributed by atoms with van der Waals surface area (Å²) in [6, 6.07) is 16.0. The van der Waals surface area contributed by atoms with E-state index in [-0.39, 0.29) is 0 Å². The minimum Gasteiger partial charge on any atom is -0.340 e. The fourth-order valence-corrected chi connectivity index (χ4v) is 3.58. The van der Waals surface area contributed by atoms with E-state index in [1.54, 1.807) is 12.1 Å². The van der Waals surface area contributed by atoms with Crippen molar-refractivity contribution < 1.29 is 0 Å². The SMILES string of the molecule is N#Cc1ccc(NC(=S)N(Cc2ccccn2)C2CCCCC2)cc1. The first-order chi connectivity index (χ1) is 12.3. The van der Waals surface area contributed by atoms with Crippen LogP contribution in [0.15, 0.2) is 48.7 Å². The summed E-state index contributed by atoms with van der Waals surface area (Å²) in [6.07, 6.45) is 7.98. The summed E-state index contributed by atoms with van der Waals surface area (Å²) in [5, 5.41) is 13.0. The monoisotopic (exact) mass is 350 g/mol. The molecule has 1 fully saturated rings. The van der Waals surface area contributed by atoms with E-state index < -0.39 is 0 Å². The standard InChI is InChI=1S/C20H22N4S/c21-14-16-9-11-17(12-10-16)23-20(25)24(19-7-2-1-3-8-19)15-18-6-4-5-13-22-18/h4-6,9-13,19H,1-3,7-8,15H2,(H,23,25). The summed E-state index contributed by atoms with van der Waals surface area (Å²) in [5.74, 6) is 0. The van der Waals surface area contributed by atoms with Gasteiger partial charge in [-0.25, -0.2) is 0 Å². The zero-order chi connectivity index (χ0) is 17.5. The van der Waals surface area contributed by atoms with Crippen molar-refractivity contribution in [3.63, 3.8) is 0 Å². The first-order valence-electron chi connectivity index (χ1n) is 8.74. The van der Waals surface area contributed by atoms with Crippen molar-refractivity contribution in [2.45, 2.75) is 44.7 Å². The highest BCUT2D eigenvalue weighted by Gasteiger charge is 2.24. The third kappa shape index (κ3) is 4.77. The summed E-state index contributed by atoms with van der Waals surface area (Å²) in [5.41, 5.74) is 2.58. The van der Waals surface area contributed by atoms with Crippen molar-refractivity contribution in [2.24, 2.45) is 0 Å². The van der Waals surface area contributed by atoms with Gasteiger partial charge in [-0.2, -0.15) is 5.26 Å². The van der Waals surface area contributed by atoms with Crippen LogP contribution < -0.4 is 5.32 Å². The third-order valence-electron chi connectivity index (χ3n) is 4.60. The number of aromatic nitrogens is 1. The van der Waals surface area contributed by atoms with Gasteiger partial charge >= 0.3 is 0 Å². The molecule has 128 valence electrons. The normalized spacial score (nSPS) is 14.5. The number of rotatable bonds is 4. The van der Waals surface area contributed by atoms with Gasteiger partial charge in [0.2, 0.25) is 0 Å². The van der Waals surface area contributed by atoms with E-state index in [1.165, 1.54) is 32.1 Å². The second-order valence-electron chi connectivity index (χ2n) is 6.36. The number of anilines is 1. The predicted octanol–water partition coefficient (Wildman–Crippen LogP) is 4.48. The summed E-state index contributed by atoms with van der Waals surface area (Å²) < 4.78 is 0. The Balaban J connectivity index is 1.74. The van der Waals surface area contributed by atoms with Gasteiger partial charge in [0.1, 0.15) is 0 Å². The fourth-order valence-electron chi connectivity index (χ4n) is 3.25. The molecule has 1 aliphatic carbocycles. The average molecular weight is 350 g/mol. The molecule has 0 bridgehead atoms. The Kier molecular flexibility index (Phi) is 5.97. The molecule has 0 saturated heterocycles. The highest BCUT2D eigenvalue weighted by atomic mass is 32.1. The lowest BCUT2D eigenvalue weighted by atomic mass is 9.94. The maximum absolute atomic E-state index is 8.92. The van der Waals surface area contributed by atoms with Crippen molar-refractivity contribution in [1.82, 2.24) is 9.88 Å². The molecule has 1 aliphatic rings. The average Bonchev–Trinajstić information content (AvgIpc) is 2.68. The Morgan fingerprint density at radius 2 is 1.92 bits per heavy atom. The molecule has 0 radical (unpaired) electrons. The van der Waals surface area contributed by atoms with Crippen molar-refractivity contribution in [1.29, 1.82) is 5.26 Å². The van der Waals surface area contributed by atoms with Crippen LogP contribution in [-0.2, 0) is 6.54 Å². The first kappa shape index (κ1) is 17.4. The molecule has 1 aromatic heterocycles. The molecule has 0 unspecified atom stereocenters. The van der Waals surface area contributed by atoms with E-state index in [2.05, 4.69) is 21.3 Å². The molecule has 5 heteroatoms. The molecule has 1 saturated carbocycles. The smallest absolute Gasteiger partial charge is 0.174 e. The third-order valence-corrected chi connectivity index (χ3v) is 4.94. The molecule has 1 aromatic carbocycles. The minimum atomic E-state index is 0.453. The summed E-state index contributed by atoms with van der Waals surface area (Å²) in [6.45, 7) is 0.716. The van der Waals surface area contributed by atoms with E-state index in [4.69, 9.17) is 17.5 Å². The number of nitrogens with one attached hydrogen (secondary N) is 1. The van der Waals surface area contributed by atoms with Gasteiger partial charge in [-0.1, -0.05) is 25.3 Å². The van der Waals surface area contributed by atoms with Crippen LogP contribution in [-0.4, -0.2) is 21.0 Å². The van der Waals surface area contributed by atoms with Gasteiger partial charge in [0, 0.05) is 17.9 Å². The Hall–Kier alpha value is -2.45. The van der Waals surface area contributed by atoms with Crippen molar-refractivity contribution in [2.75, 3.05) is 5.32 Å². The Labute approximate surface area is 154 Å². The molecule has 0 amide bonds. The summed E-state index contributed by atoms with van der Waals surface area (Å²) in [4.78, 5) is 6.73. The van der Waals surface area contributed by atoms with Crippen molar-refractivity contribution in [3.05, 3.63) is 59.9 Å². The van der Waals surface area contributed by atoms with Crippen LogP contribution in [0.4, 0.5) is 5.69 Å². The molecule has 0 spiro atoms. The van der Waals surface area contributed by atoms with Gasteiger partial charge in [-0.15, -0.1) is 0 Å². The zero-order valence-electron chi connectivity index (χ0n) is 14.2. The van der Waals surface area contributed by atoms with Crippen LogP contribution in [0.1, 0.15) is 43.4 Å². The molecule has 1 heterocycles.